The van der Waals surface area contributed by atoms with Gasteiger partial charge < -0.3 is 4.42 Å². The Labute approximate surface area is 140 Å². The lowest BCUT2D eigenvalue weighted by Gasteiger charge is -2.02. The van der Waals surface area contributed by atoms with Gasteiger partial charge in [-0.1, -0.05) is 27.1 Å². The maximum Gasteiger partial charge on any atom is 0.322 e. The van der Waals surface area contributed by atoms with E-state index in [0.717, 1.165) is 4.47 Å². The van der Waals surface area contributed by atoms with Crippen LogP contribution in [0.5, 0.6) is 0 Å². The number of rotatable bonds is 4. The minimum atomic E-state index is -0.325. The van der Waals surface area contributed by atoms with Gasteiger partial charge in [0.1, 0.15) is 5.69 Å². The van der Waals surface area contributed by atoms with E-state index in [1.165, 1.54) is 0 Å². The Bertz CT molecular complexity index is 840. The van der Waals surface area contributed by atoms with Crippen molar-refractivity contribution in [1.82, 2.24) is 20.0 Å². The lowest BCUT2D eigenvalue weighted by atomic mass is 10.2. The van der Waals surface area contributed by atoms with E-state index in [1.807, 2.05) is 26.1 Å². The fourth-order valence-electron chi connectivity index (χ4n) is 1.92. The fourth-order valence-corrected chi connectivity index (χ4v) is 2.32. The summed E-state index contributed by atoms with van der Waals surface area (Å²) in [6.45, 7) is 4.04. The smallest absolute Gasteiger partial charge is 0.322 e. The molecule has 8 heteroatoms. The molecule has 1 aromatic carbocycles. The van der Waals surface area contributed by atoms with Crippen LogP contribution < -0.4 is 5.32 Å². The van der Waals surface area contributed by atoms with Gasteiger partial charge in [0.2, 0.25) is 0 Å². The monoisotopic (exact) mass is 375 g/mol. The summed E-state index contributed by atoms with van der Waals surface area (Å²) in [5.74, 6) is -0.0665. The second kappa shape index (κ2) is 6.33. The van der Waals surface area contributed by atoms with E-state index in [1.54, 1.807) is 28.9 Å². The Balaban J connectivity index is 1.75. The molecule has 0 atom stereocenters. The van der Waals surface area contributed by atoms with Crippen molar-refractivity contribution >= 4 is 27.9 Å². The third-order valence-electron chi connectivity index (χ3n) is 3.09. The van der Waals surface area contributed by atoms with Crippen molar-refractivity contribution in [2.24, 2.45) is 0 Å². The maximum absolute atomic E-state index is 12.1. The van der Waals surface area contributed by atoms with Crippen molar-refractivity contribution in [3.63, 3.8) is 0 Å². The second-order valence-electron chi connectivity index (χ2n) is 5.15. The number of nitrogens with one attached hydrogen (secondary N) is 1. The van der Waals surface area contributed by atoms with E-state index in [2.05, 4.69) is 36.5 Å². The summed E-state index contributed by atoms with van der Waals surface area (Å²) in [6.07, 6.45) is 1.84. The zero-order valence-corrected chi connectivity index (χ0v) is 14.1. The predicted molar refractivity (Wildman–Crippen MR) is 88.0 cm³/mol. The Hall–Kier alpha value is -2.48. The molecule has 0 saturated heterocycles. The minimum Gasteiger partial charge on any atom is -0.401 e. The summed E-state index contributed by atoms with van der Waals surface area (Å²) in [5, 5.41) is 14.6. The van der Waals surface area contributed by atoms with Gasteiger partial charge >= 0.3 is 6.01 Å². The topological polar surface area (TPSA) is 85.8 Å². The summed E-state index contributed by atoms with van der Waals surface area (Å²) < 4.78 is 8.05. The van der Waals surface area contributed by atoms with Crippen LogP contribution in [-0.2, 0) is 0 Å². The first-order chi connectivity index (χ1) is 11.0. The van der Waals surface area contributed by atoms with Crippen LogP contribution in [0, 0.1) is 0 Å². The summed E-state index contributed by atoms with van der Waals surface area (Å²) in [5.41, 5.74) is 1.05. The number of amides is 1. The molecule has 0 saturated carbocycles. The molecule has 1 N–H and O–H groups in total. The van der Waals surface area contributed by atoms with E-state index in [9.17, 15) is 4.79 Å². The molecule has 0 radical (unpaired) electrons. The summed E-state index contributed by atoms with van der Waals surface area (Å²) in [7, 11) is 0. The number of benzene rings is 1. The standard InChI is InChI=1S/C15H14BrN5O2/c1-9(2)21-7-6-12(20-21)14-18-19-15(23-14)17-13(22)10-4-3-5-11(16)8-10/h3-9H,1-2H3,(H,17,19,22). The van der Waals surface area contributed by atoms with Gasteiger partial charge in [0.15, 0.2) is 0 Å². The molecule has 3 rings (SSSR count). The van der Waals surface area contributed by atoms with Gasteiger partial charge in [0.25, 0.3) is 11.8 Å². The molecule has 7 nitrogen and oxygen atoms in total. The molecule has 0 aliphatic rings. The van der Waals surface area contributed by atoms with Crippen molar-refractivity contribution in [2.45, 2.75) is 19.9 Å². The molecule has 0 unspecified atom stereocenters. The van der Waals surface area contributed by atoms with E-state index >= 15 is 0 Å². The largest absolute Gasteiger partial charge is 0.401 e. The van der Waals surface area contributed by atoms with Crippen LogP contribution in [0.3, 0.4) is 0 Å². The molecule has 0 aliphatic heterocycles. The molecular weight excluding hydrogens is 362 g/mol. The second-order valence-corrected chi connectivity index (χ2v) is 6.07. The average molecular weight is 376 g/mol. The third kappa shape index (κ3) is 3.48. The number of hydrogen-bond donors (Lipinski definition) is 1. The van der Waals surface area contributed by atoms with Crippen molar-refractivity contribution < 1.29 is 9.21 Å². The molecule has 0 fully saturated rings. The Kier molecular flexibility index (Phi) is 4.24. The van der Waals surface area contributed by atoms with E-state index < -0.39 is 0 Å². The van der Waals surface area contributed by atoms with Crippen LogP contribution in [0.2, 0.25) is 0 Å². The van der Waals surface area contributed by atoms with Crippen LogP contribution in [0.15, 0.2) is 45.4 Å². The predicted octanol–water partition coefficient (Wildman–Crippen LogP) is 3.53. The normalized spacial score (nSPS) is 11.0. The molecule has 2 heterocycles. The summed E-state index contributed by atoms with van der Waals surface area (Å²) in [4.78, 5) is 12.1. The van der Waals surface area contributed by atoms with Gasteiger partial charge in [0, 0.05) is 22.3 Å². The van der Waals surface area contributed by atoms with Gasteiger partial charge in [0.05, 0.1) is 0 Å². The van der Waals surface area contributed by atoms with E-state index in [0.29, 0.717) is 11.3 Å². The number of halogens is 1. The van der Waals surface area contributed by atoms with E-state index in [4.69, 9.17) is 4.42 Å². The first kappa shape index (κ1) is 15.4. The average Bonchev–Trinajstić information content (AvgIpc) is 3.15. The zero-order chi connectivity index (χ0) is 16.4. The highest BCUT2D eigenvalue weighted by molar-refractivity contribution is 9.10. The van der Waals surface area contributed by atoms with Gasteiger partial charge in [-0.25, -0.2) is 0 Å². The maximum atomic E-state index is 12.1. The van der Waals surface area contributed by atoms with Crippen LogP contribution >= 0.6 is 15.9 Å². The molecule has 1 amide bonds. The number of hydrogen-bond acceptors (Lipinski definition) is 5. The minimum absolute atomic E-state index is 0.0315. The summed E-state index contributed by atoms with van der Waals surface area (Å²) >= 11 is 3.32. The van der Waals surface area contributed by atoms with Gasteiger partial charge in [-0.2, -0.15) is 5.10 Å². The highest BCUT2D eigenvalue weighted by Gasteiger charge is 2.15. The molecular formula is C15H14BrN5O2. The molecule has 0 aliphatic carbocycles. The number of nitrogens with zero attached hydrogens (tertiary/aromatic N) is 4. The number of anilines is 1. The first-order valence-electron chi connectivity index (χ1n) is 6.99. The van der Waals surface area contributed by atoms with Gasteiger partial charge in [-0.05, 0) is 38.1 Å². The number of carbonyl (C=O) groups excluding carboxylic acids is 1. The Morgan fingerprint density at radius 1 is 1.30 bits per heavy atom. The molecule has 23 heavy (non-hydrogen) atoms. The van der Waals surface area contributed by atoms with Crippen molar-refractivity contribution in [1.29, 1.82) is 0 Å². The fraction of sp³-hybridized carbons (Fsp3) is 0.200. The van der Waals surface area contributed by atoms with Gasteiger partial charge in [-0.15, -0.1) is 5.10 Å². The van der Waals surface area contributed by atoms with Crippen molar-refractivity contribution in [2.75, 3.05) is 5.32 Å². The summed E-state index contributed by atoms with van der Waals surface area (Å²) in [6, 6.07) is 9.07. The third-order valence-corrected chi connectivity index (χ3v) is 3.58. The zero-order valence-electron chi connectivity index (χ0n) is 12.5. The Morgan fingerprint density at radius 2 is 2.13 bits per heavy atom. The highest BCUT2D eigenvalue weighted by Crippen LogP contribution is 2.19. The molecule has 0 spiro atoms. The Morgan fingerprint density at radius 3 is 2.83 bits per heavy atom. The van der Waals surface area contributed by atoms with Crippen LogP contribution in [0.25, 0.3) is 11.6 Å². The SMILES string of the molecule is CC(C)n1ccc(-c2nnc(NC(=O)c3cccc(Br)c3)o2)n1. The number of carbonyl (C=O) groups is 1. The van der Waals surface area contributed by atoms with Crippen LogP contribution in [0.1, 0.15) is 30.2 Å². The number of aromatic nitrogens is 4. The first-order valence-corrected chi connectivity index (χ1v) is 7.78. The molecule has 118 valence electrons. The van der Waals surface area contributed by atoms with Crippen molar-refractivity contribution in [3.8, 4) is 11.6 Å². The van der Waals surface area contributed by atoms with E-state index in [-0.39, 0.29) is 23.9 Å². The molecule has 2 aromatic heterocycles. The van der Waals surface area contributed by atoms with Crippen LogP contribution in [0.4, 0.5) is 6.01 Å². The van der Waals surface area contributed by atoms with Gasteiger partial charge in [-0.3, -0.25) is 14.8 Å². The quantitative estimate of drug-likeness (QED) is 0.753. The lowest BCUT2D eigenvalue weighted by molar-refractivity contribution is 0.102. The highest BCUT2D eigenvalue weighted by atomic mass is 79.9. The molecule has 3 aromatic rings. The van der Waals surface area contributed by atoms with Crippen LogP contribution in [-0.4, -0.2) is 25.9 Å². The lowest BCUT2D eigenvalue weighted by Crippen LogP contribution is -2.11. The van der Waals surface area contributed by atoms with Crippen molar-refractivity contribution in [3.05, 3.63) is 46.6 Å². The molecule has 0 bridgehead atoms.